The Morgan fingerprint density at radius 2 is 1.62 bits per heavy atom. The molecule has 0 radical (unpaired) electrons. The number of nitrogens with zero attached hydrogens (tertiary/aromatic N) is 1. The van der Waals surface area contributed by atoms with Crippen LogP contribution in [0.5, 0.6) is 5.75 Å². The van der Waals surface area contributed by atoms with Gasteiger partial charge in [0, 0.05) is 19.0 Å². The molecule has 5 heteroatoms. The second kappa shape index (κ2) is 13.1. The number of carbonyl (C=O) groups excluding carboxylic acids is 2. The first-order chi connectivity index (χ1) is 18.0. The number of carbonyl (C=O) groups is 2. The Balaban J connectivity index is 1.67. The SMILES string of the molecule is COc1cccc(CN(C(=O)Cc2ccccc2C)[C@H](Cc2ccccc2)C(=O)NC2CCCCC2)c1. The van der Waals surface area contributed by atoms with Gasteiger partial charge in [0.25, 0.3) is 0 Å². The van der Waals surface area contributed by atoms with Crippen LogP contribution in [0.3, 0.4) is 0 Å². The van der Waals surface area contributed by atoms with E-state index in [0.29, 0.717) is 13.0 Å². The molecule has 5 nitrogen and oxygen atoms in total. The molecule has 1 N–H and O–H groups in total. The van der Waals surface area contributed by atoms with E-state index in [-0.39, 0.29) is 24.3 Å². The lowest BCUT2D eigenvalue weighted by molar-refractivity contribution is -0.141. The van der Waals surface area contributed by atoms with Crippen molar-refractivity contribution < 1.29 is 14.3 Å². The summed E-state index contributed by atoms with van der Waals surface area (Å²) in [6, 6.07) is 25.2. The molecule has 1 aliphatic carbocycles. The van der Waals surface area contributed by atoms with Gasteiger partial charge in [-0.2, -0.15) is 0 Å². The topological polar surface area (TPSA) is 58.6 Å². The molecule has 194 valence electrons. The predicted molar refractivity (Wildman–Crippen MR) is 147 cm³/mol. The van der Waals surface area contributed by atoms with Crippen molar-refractivity contribution in [1.82, 2.24) is 10.2 Å². The van der Waals surface area contributed by atoms with E-state index < -0.39 is 6.04 Å². The monoisotopic (exact) mass is 498 g/mol. The van der Waals surface area contributed by atoms with Crippen molar-refractivity contribution in [3.8, 4) is 5.75 Å². The van der Waals surface area contributed by atoms with E-state index in [4.69, 9.17) is 4.74 Å². The Hall–Kier alpha value is -3.60. The van der Waals surface area contributed by atoms with E-state index >= 15 is 0 Å². The Labute approximate surface area is 220 Å². The summed E-state index contributed by atoms with van der Waals surface area (Å²) in [7, 11) is 1.63. The van der Waals surface area contributed by atoms with Gasteiger partial charge in [-0.15, -0.1) is 0 Å². The smallest absolute Gasteiger partial charge is 0.243 e. The van der Waals surface area contributed by atoms with Crippen molar-refractivity contribution >= 4 is 11.8 Å². The third-order valence-corrected chi connectivity index (χ3v) is 7.31. The molecule has 0 unspecified atom stereocenters. The van der Waals surface area contributed by atoms with Crippen LogP contribution < -0.4 is 10.1 Å². The van der Waals surface area contributed by atoms with Gasteiger partial charge in [0.1, 0.15) is 11.8 Å². The number of methoxy groups -OCH3 is 1. The number of ether oxygens (including phenoxy) is 1. The van der Waals surface area contributed by atoms with Gasteiger partial charge in [-0.05, 0) is 54.2 Å². The summed E-state index contributed by atoms with van der Waals surface area (Å²) in [5.74, 6) is 0.601. The summed E-state index contributed by atoms with van der Waals surface area (Å²) in [4.78, 5) is 29.6. The van der Waals surface area contributed by atoms with Gasteiger partial charge in [0.15, 0.2) is 0 Å². The summed E-state index contributed by atoms with van der Waals surface area (Å²) in [5, 5.41) is 3.30. The van der Waals surface area contributed by atoms with Crippen molar-refractivity contribution in [2.75, 3.05) is 7.11 Å². The van der Waals surface area contributed by atoms with Gasteiger partial charge in [0.05, 0.1) is 13.5 Å². The second-order valence-electron chi connectivity index (χ2n) is 10.0. The highest BCUT2D eigenvalue weighted by Gasteiger charge is 2.32. The third-order valence-electron chi connectivity index (χ3n) is 7.31. The quantitative estimate of drug-likeness (QED) is 0.394. The molecule has 3 aromatic rings. The molecule has 3 aromatic carbocycles. The molecule has 2 amide bonds. The van der Waals surface area contributed by atoms with Crippen molar-refractivity contribution in [3.63, 3.8) is 0 Å². The fraction of sp³-hybridized carbons (Fsp3) is 0.375. The van der Waals surface area contributed by atoms with Crippen LogP contribution in [0, 0.1) is 6.92 Å². The maximum Gasteiger partial charge on any atom is 0.243 e. The van der Waals surface area contributed by atoms with E-state index in [9.17, 15) is 9.59 Å². The maximum absolute atomic E-state index is 14.0. The molecule has 0 saturated heterocycles. The second-order valence-corrected chi connectivity index (χ2v) is 10.0. The van der Waals surface area contributed by atoms with E-state index in [2.05, 4.69) is 5.32 Å². The molecule has 1 saturated carbocycles. The van der Waals surface area contributed by atoms with Crippen molar-refractivity contribution in [1.29, 1.82) is 0 Å². The molecule has 1 atom stereocenters. The zero-order valence-corrected chi connectivity index (χ0v) is 22.0. The van der Waals surface area contributed by atoms with Crippen molar-refractivity contribution in [2.45, 2.75) is 70.5 Å². The normalized spacial score (nSPS) is 14.5. The van der Waals surface area contributed by atoms with E-state index in [0.717, 1.165) is 53.7 Å². The van der Waals surface area contributed by atoms with Gasteiger partial charge < -0.3 is 15.0 Å². The van der Waals surface area contributed by atoms with Crippen LogP contribution in [0.2, 0.25) is 0 Å². The van der Waals surface area contributed by atoms with Gasteiger partial charge in [-0.1, -0.05) is 86.0 Å². The minimum Gasteiger partial charge on any atom is -0.497 e. The number of nitrogens with one attached hydrogen (secondary N) is 1. The fourth-order valence-corrected chi connectivity index (χ4v) is 5.14. The Kier molecular flexibility index (Phi) is 9.36. The summed E-state index contributed by atoms with van der Waals surface area (Å²) in [6.07, 6.45) is 6.19. The van der Waals surface area contributed by atoms with Crippen molar-refractivity contribution in [2.24, 2.45) is 0 Å². The summed E-state index contributed by atoms with van der Waals surface area (Å²) in [5.41, 5.74) is 4.02. The number of hydrogen-bond donors (Lipinski definition) is 1. The highest BCUT2D eigenvalue weighted by Crippen LogP contribution is 2.22. The van der Waals surface area contributed by atoms with Crippen LogP contribution in [0.25, 0.3) is 0 Å². The molecular formula is C32H38N2O3. The number of hydrogen-bond acceptors (Lipinski definition) is 3. The molecule has 4 rings (SSSR count). The van der Waals surface area contributed by atoms with Crippen LogP contribution in [0.4, 0.5) is 0 Å². The van der Waals surface area contributed by atoms with E-state index in [1.165, 1.54) is 6.42 Å². The number of rotatable bonds is 10. The summed E-state index contributed by atoms with van der Waals surface area (Å²) in [6.45, 7) is 2.35. The molecule has 1 aliphatic rings. The molecule has 37 heavy (non-hydrogen) atoms. The third kappa shape index (κ3) is 7.45. The number of benzene rings is 3. The highest BCUT2D eigenvalue weighted by atomic mass is 16.5. The van der Waals surface area contributed by atoms with Crippen LogP contribution >= 0.6 is 0 Å². The number of aryl methyl sites for hydroxylation is 1. The first-order valence-corrected chi connectivity index (χ1v) is 13.3. The van der Waals surface area contributed by atoms with Gasteiger partial charge in [-0.3, -0.25) is 9.59 Å². The lowest BCUT2D eigenvalue weighted by Crippen LogP contribution is -2.53. The maximum atomic E-state index is 14.0. The first-order valence-electron chi connectivity index (χ1n) is 13.3. The zero-order chi connectivity index (χ0) is 26.0. The van der Waals surface area contributed by atoms with Crippen LogP contribution in [-0.4, -0.2) is 35.9 Å². The van der Waals surface area contributed by atoms with Gasteiger partial charge in [0.2, 0.25) is 11.8 Å². The molecule has 1 fully saturated rings. The average Bonchev–Trinajstić information content (AvgIpc) is 2.93. The largest absolute Gasteiger partial charge is 0.497 e. The fourth-order valence-electron chi connectivity index (χ4n) is 5.14. The standard InChI is InChI=1S/C32H38N2O3/c1-24-12-9-10-16-27(24)22-31(35)34(23-26-15-11-19-29(20-26)37-2)30(21-25-13-5-3-6-14-25)32(36)33-28-17-7-4-8-18-28/h3,5-6,9-16,19-20,28,30H,4,7-8,17-18,21-23H2,1-2H3,(H,33,36)/t30-/m1/s1. The Bertz CT molecular complexity index is 1170. The minimum atomic E-state index is -0.618. The van der Waals surface area contributed by atoms with Crippen LogP contribution in [0.1, 0.15) is 54.4 Å². The van der Waals surface area contributed by atoms with Crippen LogP contribution in [0.15, 0.2) is 78.9 Å². The van der Waals surface area contributed by atoms with E-state index in [1.54, 1.807) is 12.0 Å². The highest BCUT2D eigenvalue weighted by molar-refractivity contribution is 5.89. The minimum absolute atomic E-state index is 0.0585. The Morgan fingerprint density at radius 3 is 2.35 bits per heavy atom. The predicted octanol–water partition coefficient (Wildman–Crippen LogP) is 5.64. The molecule has 0 heterocycles. The Morgan fingerprint density at radius 1 is 0.919 bits per heavy atom. The number of amides is 2. The van der Waals surface area contributed by atoms with Crippen molar-refractivity contribution in [3.05, 3.63) is 101 Å². The lowest BCUT2D eigenvalue weighted by Gasteiger charge is -2.33. The molecular weight excluding hydrogens is 460 g/mol. The zero-order valence-electron chi connectivity index (χ0n) is 22.0. The van der Waals surface area contributed by atoms with E-state index in [1.807, 2.05) is 85.8 Å². The lowest BCUT2D eigenvalue weighted by atomic mass is 9.94. The molecule has 0 spiro atoms. The van der Waals surface area contributed by atoms with Gasteiger partial charge in [-0.25, -0.2) is 0 Å². The molecule has 0 aromatic heterocycles. The van der Waals surface area contributed by atoms with Gasteiger partial charge >= 0.3 is 0 Å². The molecule has 0 aliphatic heterocycles. The average molecular weight is 499 g/mol. The summed E-state index contributed by atoms with van der Waals surface area (Å²) < 4.78 is 5.43. The summed E-state index contributed by atoms with van der Waals surface area (Å²) >= 11 is 0. The van der Waals surface area contributed by atoms with Crippen LogP contribution in [-0.2, 0) is 29.0 Å². The first kappa shape index (κ1) is 26.5. The molecule has 0 bridgehead atoms.